The summed E-state index contributed by atoms with van der Waals surface area (Å²) in [5.74, 6) is 1.78. The summed E-state index contributed by atoms with van der Waals surface area (Å²) in [5, 5.41) is 9.86. The van der Waals surface area contributed by atoms with Crippen molar-refractivity contribution in [3.8, 4) is 0 Å². The van der Waals surface area contributed by atoms with E-state index in [9.17, 15) is 9.90 Å². The van der Waals surface area contributed by atoms with Crippen molar-refractivity contribution in [2.45, 2.75) is 91.8 Å². The molecule has 0 amide bonds. The molecule has 0 spiro atoms. The van der Waals surface area contributed by atoms with Crippen LogP contribution in [-0.2, 0) is 16.1 Å². The van der Waals surface area contributed by atoms with E-state index in [1.807, 2.05) is 24.3 Å². The SMILES string of the molecule is CCC[C@@H](O)C[C@H](C)C/C=C/C(=O)CCC[C@@H](C)C[C@@H](C)COCc1ccccc1. The first-order chi connectivity index (χ1) is 14.4. The Morgan fingerprint density at radius 1 is 1.03 bits per heavy atom. The van der Waals surface area contributed by atoms with Crippen LogP contribution in [0.5, 0.6) is 0 Å². The van der Waals surface area contributed by atoms with Crippen molar-refractivity contribution >= 4 is 5.78 Å². The molecule has 4 atom stereocenters. The van der Waals surface area contributed by atoms with Crippen molar-refractivity contribution in [3.63, 3.8) is 0 Å². The predicted molar refractivity (Wildman–Crippen MR) is 126 cm³/mol. The molecule has 0 aromatic heterocycles. The lowest BCUT2D eigenvalue weighted by atomic mass is 9.93. The topological polar surface area (TPSA) is 46.5 Å². The molecule has 0 bridgehead atoms. The Bertz CT molecular complexity index is 581. The number of hydrogen-bond acceptors (Lipinski definition) is 3. The fourth-order valence-corrected chi connectivity index (χ4v) is 3.98. The average Bonchev–Trinajstić information content (AvgIpc) is 2.68. The van der Waals surface area contributed by atoms with Crippen LogP contribution in [-0.4, -0.2) is 23.6 Å². The number of rotatable bonds is 17. The van der Waals surface area contributed by atoms with E-state index in [1.165, 1.54) is 5.56 Å². The molecule has 0 radical (unpaired) electrons. The summed E-state index contributed by atoms with van der Waals surface area (Å²) in [5.41, 5.74) is 1.22. The normalized spacial score (nSPS) is 15.8. The van der Waals surface area contributed by atoms with Crippen molar-refractivity contribution in [2.24, 2.45) is 17.8 Å². The fourth-order valence-electron chi connectivity index (χ4n) is 3.98. The van der Waals surface area contributed by atoms with Gasteiger partial charge >= 0.3 is 0 Å². The Balaban J connectivity index is 2.10. The van der Waals surface area contributed by atoms with Crippen LogP contribution in [0.2, 0.25) is 0 Å². The number of carbonyl (C=O) groups is 1. The molecule has 0 unspecified atom stereocenters. The third-order valence-corrected chi connectivity index (χ3v) is 5.58. The largest absolute Gasteiger partial charge is 0.393 e. The molecular formula is C27H44O3. The molecule has 0 heterocycles. The van der Waals surface area contributed by atoms with Crippen LogP contribution in [0.1, 0.15) is 84.6 Å². The molecule has 3 nitrogen and oxygen atoms in total. The van der Waals surface area contributed by atoms with Crippen molar-refractivity contribution < 1.29 is 14.6 Å². The van der Waals surface area contributed by atoms with E-state index in [2.05, 4.69) is 39.8 Å². The number of carbonyl (C=O) groups excluding carboxylic acids is 1. The number of allylic oxidation sites excluding steroid dienone is 2. The van der Waals surface area contributed by atoms with Gasteiger partial charge in [-0.25, -0.2) is 0 Å². The van der Waals surface area contributed by atoms with E-state index in [1.54, 1.807) is 6.08 Å². The first-order valence-electron chi connectivity index (χ1n) is 11.9. The Labute approximate surface area is 184 Å². The minimum absolute atomic E-state index is 0.207. The van der Waals surface area contributed by atoms with Crippen molar-refractivity contribution in [1.82, 2.24) is 0 Å². The summed E-state index contributed by atoms with van der Waals surface area (Å²) in [6.45, 7) is 10.2. The molecule has 1 aromatic carbocycles. The molecule has 30 heavy (non-hydrogen) atoms. The van der Waals surface area contributed by atoms with Gasteiger partial charge in [-0.15, -0.1) is 0 Å². The minimum Gasteiger partial charge on any atom is -0.393 e. The maximum atomic E-state index is 12.1. The zero-order chi connectivity index (χ0) is 22.2. The van der Waals surface area contributed by atoms with E-state index >= 15 is 0 Å². The molecule has 0 fully saturated rings. The van der Waals surface area contributed by atoms with Gasteiger partial charge in [0, 0.05) is 13.0 Å². The van der Waals surface area contributed by atoms with Gasteiger partial charge in [0.1, 0.15) is 0 Å². The Morgan fingerprint density at radius 3 is 2.47 bits per heavy atom. The second-order valence-electron chi connectivity index (χ2n) is 9.23. The third-order valence-electron chi connectivity index (χ3n) is 5.58. The maximum absolute atomic E-state index is 12.1. The smallest absolute Gasteiger partial charge is 0.155 e. The Kier molecular flexibility index (Phi) is 14.4. The molecule has 170 valence electrons. The highest BCUT2D eigenvalue weighted by Crippen LogP contribution is 2.19. The molecule has 0 aliphatic heterocycles. The van der Waals surface area contributed by atoms with Crippen molar-refractivity contribution in [1.29, 1.82) is 0 Å². The van der Waals surface area contributed by atoms with Crippen LogP contribution < -0.4 is 0 Å². The van der Waals surface area contributed by atoms with E-state index in [-0.39, 0.29) is 11.9 Å². The molecule has 1 aromatic rings. The maximum Gasteiger partial charge on any atom is 0.155 e. The second kappa shape index (κ2) is 16.3. The zero-order valence-electron chi connectivity index (χ0n) is 19.7. The third kappa shape index (κ3) is 13.7. The monoisotopic (exact) mass is 416 g/mol. The molecule has 1 N–H and O–H groups in total. The number of hydrogen-bond donors (Lipinski definition) is 1. The highest BCUT2D eigenvalue weighted by molar-refractivity contribution is 5.89. The summed E-state index contributed by atoms with van der Waals surface area (Å²) in [6.07, 6.45) is 10.9. The number of aliphatic hydroxyl groups is 1. The van der Waals surface area contributed by atoms with Gasteiger partial charge in [0.25, 0.3) is 0 Å². The molecule has 1 rings (SSSR count). The summed E-state index contributed by atoms with van der Waals surface area (Å²) in [7, 11) is 0. The van der Waals surface area contributed by atoms with Gasteiger partial charge in [0.2, 0.25) is 0 Å². The summed E-state index contributed by atoms with van der Waals surface area (Å²) in [6, 6.07) is 10.3. The number of benzene rings is 1. The van der Waals surface area contributed by atoms with Crippen LogP contribution in [0.15, 0.2) is 42.5 Å². The van der Waals surface area contributed by atoms with E-state index in [0.717, 1.165) is 51.6 Å². The molecule has 0 aliphatic carbocycles. The van der Waals surface area contributed by atoms with Gasteiger partial charge in [-0.3, -0.25) is 4.79 Å². The second-order valence-corrected chi connectivity index (χ2v) is 9.23. The standard InChI is InChI=1S/C27H44O3/c1-5-11-27(29)19-23(3)13-10-17-26(28)16-9-12-22(2)18-24(4)20-30-21-25-14-7-6-8-15-25/h6-8,10,14-15,17,22-24,27,29H,5,9,11-13,16,18-21H2,1-4H3/b17-10+/t22-,23-,24-,27-/m1/s1. The van der Waals surface area contributed by atoms with Crippen molar-refractivity contribution in [2.75, 3.05) is 6.61 Å². The van der Waals surface area contributed by atoms with E-state index in [4.69, 9.17) is 4.74 Å². The van der Waals surface area contributed by atoms with Gasteiger partial charge in [-0.1, -0.05) is 76.9 Å². The highest BCUT2D eigenvalue weighted by Gasteiger charge is 2.11. The molecule has 0 saturated heterocycles. The first kappa shape index (κ1) is 26.6. The number of aliphatic hydroxyl groups excluding tert-OH is 1. The van der Waals surface area contributed by atoms with E-state index < -0.39 is 0 Å². The molecule has 0 aliphatic rings. The van der Waals surface area contributed by atoms with Gasteiger partial charge < -0.3 is 9.84 Å². The lowest BCUT2D eigenvalue weighted by molar-refractivity contribution is -0.114. The lowest BCUT2D eigenvalue weighted by Crippen LogP contribution is -2.11. The van der Waals surface area contributed by atoms with Gasteiger partial charge in [-0.05, 0) is 61.5 Å². The average molecular weight is 417 g/mol. The first-order valence-corrected chi connectivity index (χ1v) is 11.9. The van der Waals surface area contributed by atoms with Gasteiger partial charge in [0.05, 0.1) is 12.7 Å². The number of ether oxygens (including phenoxy) is 1. The summed E-state index contributed by atoms with van der Waals surface area (Å²) in [4.78, 5) is 12.1. The Morgan fingerprint density at radius 2 is 1.77 bits per heavy atom. The van der Waals surface area contributed by atoms with E-state index in [0.29, 0.717) is 30.8 Å². The van der Waals surface area contributed by atoms with Gasteiger partial charge in [0.15, 0.2) is 5.78 Å². The molecule has 3 heteroatoms. The van der Waals surface area contributed by atoms with Crippen LogP contribution in [0, 0.1) is 17.8 Å². The van der Waals surface area contributed by atoms with Crippen LogP contribution >= 0.6 is 0 Å². The van der Waals surface area contributed by atoms with Gasteiger partial charge in [-0.2, -0.15) is 0 Å². The molecule has 0 saturated carbocycles. The lowest BCUT2D eigenvalue weighted by Gasteiger charge is -2.17. The highest BCUT2D eigenvalue weighted by atomic mass is 16.5. The predicted octanol–water partition coefficient (Wildman–Crippen LogP) is 6.74. The zero-order valence-corrected chi connectivity index (χ0v) is 19.7. The van der Waals surface area contributed by atoms with Crippen LogP contribution in [0.3, 0.4) is 0 Å². The quantitative estimate of drug-likeness (QED) is 0.286. The summed E-state index contributed by atoms with van der Waals surface area (Å²) < 4.78 is 5.85. The minimum atomic E-state index is -0.207. The Hall–Kier alpha value is -1.45. The van der Waals surface area contributed by atoms with Crippen molar-refractivity contribution in [3.05, 3.63) is 48.0 Å². The summed E-state index contributed by atoms with van der Waals surface area (Å²) >= 11 is 0. The number of ketones is 1. The molecular weight excluding hydrogens is 372 g/mol. The fraction of sp³-hybridized carbons (Fsp3) is 0.667. The van der Waals surface area contributed by atoms with Crippen LogP contribution in [0.4, 0.5) is 0 Å². The van der Waals surface area contributed by atoms with Crippen LogP contribution in [0.25, 0.3) is 0 Å².